The van der Waals surface area contributed by atoms with Crippen LogP contribution in [0.15, 0.2) is 48.5 Å². The average molecular weight is 487 g/mol. The highest BCUT2D eigenvalue weighted by atomic mass is 35.5. The molecule has 34 heavy (non-hydrogen) atoms. The first kappa shape index (κ1) is 24.5. The van der Waals surface area contributed by atoms with Gasteiger partial charge in [-0.25, -0.2) is 8.78 Å². The van der Waals surface area contributed by atoms with E-state index in [1.807, 2.05) is 30.3 Å². The Kier molecular flexibility index (Phi) is 7.41. The van der Waals surface area contributed by atoms with Crippen molar-refractivity contribution < 1.29 is 18.6 Å². The molecule has 1 atom stereocenters. The molecule has 1 heterocycles. The number of unbranched alkanes of at least 4 members (excludes halogenated alkanes) is 1. The van der Waals surface area contributed by atoms with Gasteiger partial charge in [0.1, 0.15) is 12.4 Å². The van der Waals surface area contributed by atoms with E-state index in [-0.39, 0.29) is 29.5 Å². The molecule has 0 fully saturated rings. The lowest BCUT2D eigenvalue weighted by molar-refractivity contribution is 0.196. The quantitative estimate of drug-likeness (QED) is 0.326. The van der Waals surface area contributed by atoms with Crippen molar-refractivity contribution in [2.45, 2.75) is 38.1 Å². The number of nitrogens with two attached hydrogens (primary N) is 1. The summed E-state index contributed by atoms with van der Waals surface area (Å²) >= 11 is 6.51. The topological polar surface area (TPSA) is 67.5 Å². The second-order valence-corrected chi connectivity index (χ2v) is 9.09. The average Bonchev–Trinajstić information content (AvgIpc) is 3.20. The molecule has 0 saturated heterocycles. The van der Waals surface area contributed by atoms with Gasteiger partial charge in [0, 0.05) is 23.2 Å². The highest BCUT2D eigenvalue weighted by Crippen LogP contribution is 2.50. The standard InChI is InChI=1S/C27H29ClF2N2O2/c1-17-9-10-22(34-14-13-33)26(30)23(17)24-19-16-27(11-5-6-12-31,18-7-3-2-4-8-18)32-21(19)15-20(29)25(24)28/h2-4,7-10,15,32-33H,5-6,11-14,16,31H2,1H3. The fourth-order valence-electron chi connectivity index (χ4n) is 4.85. The lowest BCUT2D eigenvalue weighted by Crippen LogP contribution is -2.33. The van der Waals surface area contributed by atoms with Gasteiger partial charge in [-0.15, -0.1) is 0 Å². The fourth-order valence-corrected chi connectivity index (χ4v) is 5.11. The maximum absolute atomic E-state index is 15.7. The van der Waals surface area contributed by atoms with Crippen LogP contribution in [0, 0.1) is 18.6 Å². The van der Waals surface area contributed by atoms with Gasteiger partial charge < -0.3 is 20.9 Å². The third-order valence-electron chi connectivity index (χ3n) is 6.48. The van der Waals surface area contributed by atoms with E-state index in [4.69, 9.17) is 27.2 Å². The van der Waals surface area contributed by atoms with Crippen LogP contribution in [0.4, 0.5) is 14.5 Å². The van der Waals surface area contributed by atoms with Gasteiger partial charge in [0.05, 0.1) is 17.2 Å². The summed E-state index contributed by atoms with van der Waals surface area (Å²) in [5.74, 6) is -1.25. The van der Waals surface area contributed by atoms with Crippen molar-refractivity contribution >= 4 is 17.3 Å². The molecule has 0 spiro atoms. The summed E-state index contributed by atoms with van der Waals surface area (Å²) in [4.78, 5) is 0. The van der Waals surface area contributed by atoms with E-state index in [1.54, 1.807) is 13.0 Å². The van der Waals surface area contributed by atoms with Crippen molar-refractivity contribution in [1.29, 1.82) is 0 Å². The molecule has 1 unspecified atom stereocenters. The van der Waals surface area contributed by atoms with Gasteiger partial charge in [-0.3, -0.25) is 0 Å². The van der Waals surface area contributed by atoms with Crippen LogP contribution in [0.1, 0.15) is 36.0 Å². The molecule has 0 saturated carbocycles. The van der Waals surface area contributed by atoms with Crippen molar-refractivity contribution in [2.75, 3.05) is 25.1 Å². The van der Waals surface area contributed by atoms with Crippen LogP contribution >= 0.6 is 11.6 Å². The van der Waals surface area contributed by atoms with Gasteiger partial charge in [0.15, 0.2) is 11.6 Å². The number of aliphatic hydroxyl groups excluding tert-OH is 1. The molecule has 4 N–H and O–H groups in total. The van der Waals surface area contributed by atoms with Crippen LogP contribution in [0.5, 0.6) is 5.75 Å². The molecular weight excluding hydrogens is 458 g/mol. The minimum absolute atomic E-state index is 0.00745. The normalized spacial score (nSPS) is 16.9. The van der Waals surface area contributed by atoms with E-state index in [9.17, 15) is 0 Å². The van der Waals surface area contributed by atoms with Crippen LogP contribution in [0.25, 0.3) is 11.1 Å². The number of rotatable bonds is 9. The fraction of sp³-hybridized carbons (Fsp3) is 0.333. The van der Waals surface area contributed by atoms with Crippen LogP contribution in [-0.4, -0.2) is 24.9 Å². The molecule has 1 aliphatic heterocycles. The number of hydrogen-bond donors (Lipinski definition) is 3. The summed E-state index contributed by atoms with van der Waals surface area (Å²) < 4.78 is 36.1. The maximum atomic E-state index is 15.7. The van der Waals surface area contributed by atoms with E-state index < -0.39 is 17.2 Å². The van der Waals surface area contributed by atoms with Crippen LogP contribution in [-0.2, 0) is 12.0 Å². The number of aryl methyl sites for hydroxylation is 1. The molecule has 180 valence electrons. The van der Waals surface area contributed by atoms with Crippen LogP contribution in [0.3, 0.4) is 0 Å². The van der Waals surface area contributed by atoms with E-state index >= 15 is 8.78 Å². The first-order valence-corrected chi connectivity index (χ1v) is 11.9. The first-order chi connectivity index (χ1) is 16.4. The number of ether oxygens (including phenoxy) is 1. The summed E-state index contributed by atoms with van der Waals surface area (Å²) in [6.07, 6.45) is 3.05. The third-order valence-corrected chi connectivity index (χ3v) is 6.85. The van der Waals surface area contributed by atoms with Gasteiger partial charge in [0.2, 0.25) is 0 Å². The first-order valence-electron chi connectivity index (χ1n) is 11.5. The van der Waals surface area contributed by atoms with E-state index in [1.165, 1.54) is 12.1 Å². The Labute approximate surface area is 203 Å². The Bertz CT molecular complexity index is 1170. The van der Waals surface area contributed by atoms with Crippen molar-refractivity contribution in [2.24, 2.45) is 5.73 Å². The van der Waals surface area contributed by atoms with E-state index in [0.29, 0.717) is 29.8 Å². The highest BCUT2D eigenvalue weighted by Gasteiger charge is 2.41. The van der Waals surface area contributed by atoms with Crippen molar-refractivity contribution in [3.05, 3.63) is 81.9 Å². The van der Waals surface area contributed by atoms with Gasteiger partial charge in [-0.2, -0.15) is 0 Å². The molecule has 0 radical (unpaired) electrons. The molecule has 4 rings (SSSR count). The molecular formula is C27H29ClF2N2O2. The summed E-state index contributed by atoms with van der Waals surface area (Å²) in [7, 11) is 0. The number of hydrogen-bond acceptors (Lipinski definition) is 4. The molecule has 4 nitrogen and oxygen atoms in total. The lowest BCUT2D eigenvalue weighted by Gasteiger charge is -2.31. The Morgan fingerprint density at radius 3 is 2.59 bits per heavy atom. The number of benzene rings is 3. The second kappa shape index (κ2) is 10.3. The number of halogens is 3. The van der Waals surface area contributed by atoms with Gasteiger partial charge in [-0.1, -0.05) is 48.0 Å². The highest BCUT2D eigenvalue weighted by molar-refractivity contribution is 6.34. The largest absolute Gasteiger partial charge is 0.488 e. The summed E-state index contributed by atoms with van der Waals surface area (Å²) in [5, 5.41) is 12.5. The van der Waals surface area contributed by atoms with Crippen molar-refractivity contribution in [3.8, 4) is 16.9 Å². The number of nitrogens with one attached hydrogen (secondary N) is 1. The molecule has 0 bridgehead atoms. The summed E-state index contributed by atoms with van der Waals surface area (Å²) in [6.45, 7) is 2.06. The van der Waals surface area contributed by atoms with E-state index in [2.05, 4.69) is 5.32 Å². The minimum Gasteiger partial charge on any atom is -0.488 e. The maximum Gasteiger partial charge on any atom is 0.173 e. The summed E-state index contributed by atoms with van der Waals surface area (Å²) in [5.41, 5.74) is 8.87. The van der Waals surface area contributed by atoms with Crippen molar-refractivity contribution in [3.63, 3.8) is 0 Å². The Morgan fingerprint density at radius 1 is 1.12 bits per heavy atom. The third kappa shape index (κ3) is 4.50. The molecule has 1 aliphatic rings. The van der Waals surface area contributed by atoms with Gasteiger partial charge in [0.25, 0.3) is 0 Å². The van der Waals surface area contributed by atoms with Gasteiger partial charge >= 0.3 is 0 Å². The zero-order valence-corrected chi connectivity index (χ0v) is 19.9. The minimum atomic E-state index is -0.622. The van der Waals surface area contributed by atoms with Gasteiger partial charge in [-0.05, 0) is 61.6 Å². The summed E-state index contributed by atoms with van der Waals surface area (Å²) in [6, 6.07) is 14.6. The molecule has 3 aromatic carbocycles. The van der Waals surface area contributed by atoms with E-state index in [0.717, 1.165) is 30.4 Å². The molecule has 7 heteroatoms. The predicted molar refractivity (Wildman–Crippen MR) is 132 cm³/mol. The van der Waals surface area contributed by atoms with Crippen molar-refractivity contribution in [1.82, 2.24) is 0 Å². The number of fused-ring (bicyclic) bond motifs is 1. The lowest BCUT2D eigenvalue weighted by atomic mass is 9.81. The zero-order valence-electron chi connectivity index (χ0n) is 19.1. The number of anilines is 1. The predicted octanol–water partition coefficient (Wildman–Crippen LogP) is 5.96. The molecule has 3 aromatic rings. The second-order valence-electron chi connectivity index (χ2n) is 8.71. The monoisotopic (exact) mass is 486 g/mol. The molecule has 0 amide bonds. The molecule has 0 aromatic heterocycles. The molecule has 0 aliphatic carbocycles. The Hall–Kier alpha value is -2.67. The van der Waals surface area contributed by atoms with Crippen LogP contribution in [0.2, 0.25) is 5.02 Å². The SMILES string of the molecule is Cc1ccc(OCCO)c(F)c1-c1c(Cl)c(F)cc2c1CC(CCCCN)(c1ccccc1)N2. The smallest absolute Gasteiger partial charge is 0.173 e. The number of aliphatic hydroxyl groups is 1. The van der Waals surface area contributed by atoms with Crippen LogP contribution < -0.4 is 15.8 Å². The Morgan fingerprint density at radius 2 is 1.88 bits per heavy atom. The zero-order chi connectivity index (χ0) is 24.3. The Balaban J connectivity index is 1.87.